The second-order valence-electron chi connectivity index (χ2n) is 14.3. The maximum absolute atomic E-state index is 6.74. The first kappa shape index (κ1) is 26.5. The number of fused-ring (bicyclic) bond motifs is 19. The Morgan fingerprint density at radius 3 is 2.70 bits per heavy atom. The molecule has 2 aliphatic carbocycles. The van der Waals surface area contributed by atoms with Crippen LogP contribution in [0.3, 0.4) is 0 Å². The molecule has 5 heteroatoms. The number of benzene rings is 2. The molecule has 4 unspecified atom stereocenters. The smallest absolute Gasteiger partial charge is 0.227 e. The normalized spacial score (nSPS) is 23.5. The third-order valence-corrected chi connectivity index (χ3v) is 13.2. The van der Waals surface area contributed by atoms with E-state index in [1.165, 1.54) is 68.7 Å². The van der Waals surface area contributed by atoms with E-state index in [0.717, 1.165) is 40.6 Å². The first-order valence-electron chi connectivity index (χ1n) is 17.1. The highest BCUT2D eigenvalue weighted by Gasteiger charge is 2.76. The molecule has 5 aromatic heterocycles. The van der Waals surface area contributed by atoms with Gasteiger partial charge in [0.15, 0.2) is 23.4 Å². The van der Waals surface area contributed by atoms with E-state index in [1.54, 1.807) is 10.4 Å². The lowest BCUT2D eigenvalue weighted by atomic mass is 9.48. The van der Waals surface area contributed by atoms with Gasteiger partial charge in [-0.1, -0.05) is 36.4 Å². The van der Waals surface area contributed by atoms with E-state index in [-0.39, 0.29) is 11.5 Å². The van der Waals surface area contributed by atoms with E-state index in [4.69, 9.17) is 9.40 Å². The maximum Gasteiger partial charge on any atom is 0.227 e. The van der Waals surface area contributed by atoms with Gasteiger partial charge in [0.2, 0.25) is 22.6 Å². The van der Waals surface area contributed by atoms with Crippen molar-refractivity contribution in [1.29, 1.82) is 0 Å². The Bertz CT molecular complexity index is 2540. The van der Waals surface area contributed by atoms with Crippen LogP contribution >= 0.6 is 11.3 Å². The van der Waals surface area contributed by atoms with E-state index < -0.39 is 0 Å². The molecule has 4 nitrogen and oxygen atoms in total. The molecule has 0 radical (unpaired) electrons. The zero-order valence-electron chi connectivity index (χ0n) is 26.7. The van der Waals surface area contributed by atoms with Crippen molar-refractivity contribution in [2.45, 2.75) is 63.5 Å². The Labute approximate surface area is 277 Å². The van der Waals surface area contributed by atoms with Crippen LogP contribution in [-0.2, 0) is 24.8 Å². The Kier molecular flexibility index (Phi) is 5.09. The number of rotatable bonds is 1. The van der Waals surface area contributed by atoms with Gasteiger partial charge in [-0.25, -0.2) is 4.98 Å². The molecule has 7 heterocycles. The molecule has 2 aliphatic heterocycles. The van der Waals surface area contributed by atoms with Crippen molar-refractivity contribution >= 4 is 43.6 Å². The SMILES string of the molecule is C=CC1C2C(c3ccccc3-c3ccc(C)c[n+]32)C12Cc1ccc3c(oc4nc(C)ccc43)c1-c1ccc3sc4c(c3[n+]12)CCCC4. The molecule has 4 aliphatic rings. The van der Waals surface area contributed by atoms with Gasteiger partial charge in [-0.05, 0) is 81.0 Å². The largest absolute Gasteiger partial charge is 0.437 e. The molecule has 0 saturated heterocycles. The van der Waals surface area contributed by atoms with Gasteiger partial charge in [0.05, 0.1) is 15.8 Å². The molecule has 1 spiro atoms. The molecule has 11 rings (SSSR count). The number of hydrogen-bond acceptors (Lipinski definition) is 3. The molecular weight excluding hydrogens is 595 g/mol. The highest BCUT2D eigenvalue weighted by molar-refractivity contribution is 7.19. The average Bonchev–Trinajstić information content (AvgIpc) is 3.65. The predicted octanol–water partition coefficient (Wildman–Crippen LogP) is 9.01. The quantitative estimate of drug-likeness (QED) is 0.134. The zero-order valence-corrected chi connectivity index (χ0v) is 27.5. The Morgan fingerprint density at radius 1 is 0.936 bits per heavy atom. The first-order valence-corrected chi connectivity index (χ1v) is 17.9. The van der Waals surface area contributed by atoms with E-state index >= 15 is 0 Å². The number of furan rings is 1. The zero-order chi connectivity index (χ0) is 31.2. The molecule has 4 atom stereocenters. The Morgan fingerprint density at radius 2 is 1.79 bits per heavy atom. The fraction of sp³-hybridized carbons (Fsp3) is 0.262. The Balaban J connectivity index is 1.27. The van der Waals surface area contributed by atoms with Gasteiger partial charge in [0.25, 0.3) is 0 Å². The number of aromatic nitrogens is 3. The summed E-state index contributed by atoms with van der Waals surface area (Å²) in [5, 5.41) is 2.24. The Hall–Kier alpha value is -4.61. The number of nitrogens with zero attached hydrogens (tertiary/aromatic N) is 3. The van der Waals surface area contributed by atoms with Crippen LogP contribution in [0.2, 0.25) is 0 Å². The van der Waals surface area contributed by atoms with Crippen molar-refractivity contribution in [3.8, 4) is 22.5 Å². The van der Waals surface area contributed by atoms with Gasteiger partial charge in [0, 0.05) is 51.0 Å². The number of pyridine rings is 3. The molecule has 0 amide bonds. The minimum absolute atomic E-state index is 0.209. The predicted molar refractivity (Wildman–Crippen MR) is 188 cm³/mol. The number of thiophene rings is 1. The van der Waals surface area contributed by atoms with Crippen LogP contribution in [0.5, 0.6) is 0 Å². The van der Waals surface area contributed by atoms with Gasteiger partial charge in [-0.3, -0.25) is 0 Å². The summed E-state index contributed by atoms with van der Waals surface area (Å²) >= 11 is 2.03. The number of hydrogen-bond donors (Lipinski definition) is 0. The van der Waals surface area contributed by atoms with Crippen LogP contribution < -0.4 is 9.13 Å². The van der Waals surface area contributed by atoms with Crippen LogP contribution in [0, 0.1) is 19.8 Å². The number of aryl methyl sites for hydroxylation is 4. The lowest BCUT2D eigenvalue weighted by Crippen LogP contribution is -2.80. The molecule has 1 saturated carbocycles. The summed E-state index contributed by atoms with van der Waals surface area (Å²) in [5.41, 5.74) is 14.8. The monoisotopic (exact) mass is 629 g/mol. The minimum atomic E-state index is -0.209. The highest BCUT2D eigenvalue weighted by atomic mass is 32.1. The van der Waals surface area contributed by atoms with Gasteiger partial charge >= 0.3 is 0 Å². The van der Waals surface area contributed by atoms with E-state index in [0.29, 0.717) is 12.0 Å². The van der Waals surface area contributed by atoms with Crippen molar-refractivity contribution in [3.05, 3.63) is 124 Å². The summed E-state index contributed by atoms with van der Waals surface area (Å²) in [6.45, 7) is 8.85. The van der Waals surface area contributed by atoms with E-state index in [1.807, 2.05) is 18.3 Å². The second-order valence-corrected chi connectivity index (χ2v) is 15.5. The van der Waals surface area contributed by atoms with Crippen LogP contribution in [0.25, 0.3) is 54.8 Å². The molecular formula is C42H35N3OS+2. The van der Waals surface area contributed by atoms with E-state index in [2.05, 4.69) is 108 Å². The molecule has 2 aromatic carbocycles. The van der Waals surface area contributed by atoms with Crippen LogP contribution in [0.15, 0.2) is 96.1 Å². The first-order chi connectivity index (χ1) is 23.1. The summed E-state index contributed by atoms with van der Waals surface area (Å²) in [6.07, 6.45) is 10.5. The fourth-order valence-electron chi connectivity index (χ4n) is 10.2. The maximum atomic E-state index is 6.74. The standard InChI is InChI=1S/C42H35N3OS/c1-4-31-39-37(27-10-6-5-9-26(27)32-18-13-23(2)22-44(32)39)42(31)21-25-15-17-28-29-16-14-24(3)43-41(29)46-40(28)36(25)33-19-20-35-38(45(33)42)30-11-7-8-12-34(30)47-35/h4-6,9-10,13-20,22,31,37,39H,1,7-8,11-12,21H2,2-3H3/q+2. The van der Waals surface area contributed by atoms with Crippen LogP contribution in [0.1, 0.15) is 57.6 Å². The topological polar surface area (TPSA) is 33.8 Å². The van der Waals surface area contributed by atoms with Crippen molar-refractivity contribution in [2.75, 3.05) is 0 Å². The summed E-state index contributed by atoms with van der Waals surface area (Å²) in [5.74, 6) is 0.530. The molecule has 0 N–H and O–H groups in total. The van der Waals surface area contributed by atoms with Gasteiger partial charge < -0.3 is 4.42 Å². The summed E-state index contributed by atoms with van der Waals surface area (Å²) in [6, 6.07) is 27.8. The molecule has 228 valence electrons. The van der Waals surface area contributed by atoms with Gasteiger partial charge in [-0.2, -0.15) is 9.13 Å². The van der Waals surface area contributed by atoms with Crippen molar-refractivity contribution < 1.29 is 13.6 Å². The lowest BCUT2D eigenvalue weighted by Gasteiger charge is -2.56. The van der Waals surface area contributed by atoms with Crippen molar-refractivity contribution in [3.63, 3.8) is 0 Å². The van der Waals surface area contributed by atoms with Gasteiger partial charge in [-0.15, -0.1) is 17.9 Å². The van der Waals surface area contributed by atoms with Gasteiger partial charge in [0.1, 0.15) is 11.8 Å². The van der Waals surface area contributed by atoms with Crippen molar-refractivity contribution in [1.82, 2.24) is 4.98 Å². The van der Waals surface area contributed by atoms with Crippen molar-refractivity contribution in [2.24, 2.45) is 5.92 Å². The molecule has 7 aromatic rings. The van der Waals surface area contributed by atoms with Crippen LogP contribution in [-0.4, -0.2) is 4.98 Å². The molecule has 47 heavy (non-hydrogen) atoms. The fourth-order valence-corrected chi connectivity index (χ4v) is 11.5. The summed E-state index contributed by atoms with van der Waals surface area (Å²) in [7, 11) is 0. The molecule has 1 fully saturated rings. The lowest BCUT2D eigenvalue weighted by molar-refractivity contribution is -0.825. The second kappa shape index (κ2) is 9.05. The average molecular weight is 630 g/mol. The third-order valence-electron chi connectivity index (χ3n) is 12.0. The minimum Gasteiger partial charge on any atom is -0.437 e. The summed E-state index contributed by atoms with van der Waals surface area (Å²) in [4.78, 5) is 6.40. The number of allylic oxidation sites excluding steroid dienone is 1. The molecule has 0 bridgehead atoms. The third kappa shape index (κ3) is 3.17. The summed E-state index contributed by atoms with van der Waals surface area (Å²) < 4.78 is 13.6. The highest BCUT2D eigenvalue weighted by Crippen LogP contribution is 2.65. The van der Waals surface area contributed by atoms with E-state index in [9.17, 15) is 0 Å². The van der Waals surface area contributed by atoms with Crippen LogP contribution in [0.4, 0.5) is 0 Å².